The zero-order valence-corrected chi connectivity index (χ0v) is 12.4. The first-order valence-electron chi connectivity index (χ1n) is 6.57. The number of halogens is 1. The molecule has 1 aromatic carbocycles. The highest BCUT2D eigenvalue weighted by Gasteiger charge is 2.11. The molecule has 112 valence electrons. The first-order valence-corrected chi connectivity index (χ1v) is 6.94. The summed E-state index contributed by atoms with van der Waals surface area (Å²) in [5.41, 5.74) is 1.63. The van der Waals surface area contributed by atoms with E-state index < -0.39 is 0 Å². The van der Waals surface area contributed by atoms with Crippen molar-refractivity contribution in [2.45, 2.75) is 13.3 Å². The number of hydrogen-bond donors (Lipinski definition) is 3. The quantitative estimate of drug-likeness (QED) is 0.676. The Morgan fingerprint density at radius 2 is 2.05 bits per heavy atom. The van der Waals surface area contributed by atoms with E-state index in [0.29, 0.717) is 30.2 Å². The maximum Gasteiger partial charge on any atom is 0.238 e. The van der Waals surface area contributed by atoms with E-state index in [9.17, 15) is 4.79 Å². The highest BCUT2D eigenvalue weighted by molar-refractivity contribution is 6.31. The molecule has 0 heterocycles. The van der Waals surface area contributed by atoms with Gasteiger partial charge in [0.05, 0.1) is 13.2 Å². The molecule has 0 aromatic heterocycles. The van der Waals surface area contributed by atoms with Crippen LogP contribution in [-0.4, -0.2) is 53.9 Å². The Hall–Kier alpha value is -1.14. The van der Waals surface area contributed by atoms with Crippen molar-refractivity contribution in [2.75, 3.05) is 38.2 Å². The molecule has 0 aliphatic rings. The first kappa shape index (κ1) is 16.9. The van der Waals surface area contributed by atoms with Gasteiger partial charge in [-0.3, -0.25) is 9.69 Å². The second-order valence-corrected chi connectivity index (χ2v) is 5.02. The van der Waals surface area contributed by atoms with Gasteiger partial charge in [-0.05, 0) is 31.0 Å². The number of carbonyl (C=O) groups excluding carboxylic acids is 1. The largest absolute Gasteiger partial charge is 0.396 e. The molecule has 1 rings (SSSR count). The Morgan fingerprint density at radius 3 is 2.70 bits per heavy atom. The minimum atomic E-state index is -0.165. The number of nitrogens with zero attached hydrogens (tertiary/aromatic N) is 1. The van der Waals surface area contributed by atoms with E-state index in [0.717, 1.165) is 5.56 Å². The summed E-state index contributed by atoms with van der Waals surface area (Å²) in [4.78, 5) is 13.8. The van der Waals surface area contributed by atoms with Crippen molar-refractivity contribution in [1.29, 1.82) is 0 Å². The molecular weight excluding hydrogens is 280 g/mol. The monoisotopic (exact) mass is 300 g/mol. The summed E-state index contributed by atoms with van der Waals surface area (Å²) in [7, 11) is 0. The Morgan fingerprint density at radius 1 is 1.30 bits per heavy atom. The zero-order chi connectivity index (χ0) is 15.0. The maximum absolute atomic E-state index is 12.0. The fourth-order valence-electron chi connectivity index (χ4n) is 1.83. The molecule has 0 radical (unpaired) electrons. The van der Waals surface area contributed by atoms with Crippen molar-refractivity contribution in [2.24, 2.45) is 0 Å². The first-order chi connectivity index (χ1) is 9.56. The molecule has 0 fully saturated rings. The molecular formula is C14H21ClN2O3. The average molecular weight is 301 g/mol. The highest BCUT2D eigenvalue weighted by atomic mass is 35.5. The van der Waals surface area contributed by atoms with E-state index in [4.69, 9.17) is 21.8 Å². The lowest BCUT2D eigenvalue weighted by Gasteiger charge is -2.20. The van der Waals surface area contributed by atoms with Crippen LogP contribution in [0.15, 0.2) is 18.2 Å². The van der Waals surface area contributed by atoms with Crippen LogP contribution in [0.3, 0.4) is 0 Å². The fourth-order valence-corrected chi connectivity index (χ4v) is 2.00. The van der Waals surface area contributed by atoms with E-state index in [-0.39, 0.29) is 25.7 Å². The van der Waals surface area contributed by atoms with E-state index in [2.05, 4.69) is 5.32 Å². The molecule has 1 aromatic rings. The van der Waals surface area contributed by atoms with Crippen molar-refractivity contribution >= 4 is 23.2 Å². The lowest BCUT2D eigenvalue weighted by molar-refractivity contribution is -0.117. The van der Waals surface area contributed by atoms with Gasteiger partial charge in [0, 0.05) is 30.4 Å². The molecule has 20 heavy (non-hydrogen) atoms. The second-order valence-electron chi connectivity index (χ2n) is 4.58. The summed E-state index contributed by atoms with van der Waals surface area (Å²) in [5.74, 6) is -0.165. The summed E-state index contributed by atoms with van der Waals surface area (Å²) in [6.45, 7) is 3.09. The lowest BCUT2D eigenvalue weighted by atomic mass is 10.2. The molecule has 0 saturated heterocycles. The van der Waals surface area contributed by atoms with Gasteiger partial charge in [0.25, 0.3) is 0 Å². The van der Waals surface area contributed by atoms with Gasteiger partial charge in [0.2, 0.25) is 5.91 Å². The van der Waals surface area contributed by atoms with E-state index in [1.165, 1.54) is 0 Å². The number of carbonyl (C=O) groups is 1. The fraction of sp³-hybridized carbons (Fsp3) is 0.500. The standard InChI is InChI=1S/C14H21ClN2O3/c1-11-3-4-12(15)9-13(11)16-14(20)10-17(6-8-19)5-2-7-18/h3-4,9,18-19H,2,5-8,10H2,1H3,(H,16,20). The summed E-state index contributed by atoms with van der Waals surface area (Å²) in [6, 6.07) is 5.32. The predicted octanol–water partition coefficient (Wildman–Crippen LogP) is 1.26. The van der Waals surface area contributed by atoms with Crippen LogP contribution < -0.4 is 5.32 Å². The number of amides is 1. The summed E-state index contributed by atoms with van der Waals surface area (Å²) >= 11 is 5.90. The van der Waals surface area contributed by atoms with Crippen molar-refractivity contribution < 1.29 is 15.0 Å². The molecule has 0 bridgehead atoms. The Bertz CT molecular complexity index is 440. The van der Waals surface area contributed by atoms with Crippen molar-refractivity contribution in [3.63, 3.8) is 0 Å². The van der Waals surface area contributed by atoms with E-state index in [1.807, 2.05) is 13.0 Å². The van der Waals surface area contributed by atoms with E-state index >= 15 is 0 Å². The van der Waals surface area contributed by atoms with Gasteiger partial charge in [-0.1, -0.05) is 17.7 Å². The van der Waals surface area contributed by atoms with Crippen LogP contribution in [0, 0.1) is 6.92 Å². The Kier molecular flexibility index (Phi) is 7.54. The van der Waals surface area contributed by atoms with Gasteiger partial charge >= 0.3 is 0 Å². The number of hydrogen-bond acceptors (Lipinski definition) is 4. The third-order valence-corrected chi connectivity index (χ3v) is 3.12. The van der Waals surface area contributed by atoms with Gasteiger partial charge in [-0.2, -0.15) is 0 Å². The average Bonchev–Trinajstić information content (AvgIpc) is 2.40. The third-order valence-electron chi connectivity index (χ3n) is 2.89. The van der Waals surface area contributed by atoms with Crippen molar-refractivity contribution in [3.05, 3.63) is 28.8 Å². The van der Waals surface area contributed by atoms with Crippen LogP contribution in [0.4, 0.5) is 5.69 Å². The highest BCUT2D eigenvalue weighted by Crippen LogP contribution is 2.20. The number of rotatable bonds is 8. The molecule has 6 heteroatoms. The summed E-state index contributed by atoms with van der Waals surface area (Å²) in [6.07, 6.45) is 0.573. The second kappa shape index (κ2) is 8.92. The zero-order valence-electron chi connectivity index (χ0n) is 11.6. The van der Waals surface area contributed by atoms with Gasteiger partial charge in [0.1, 0.15) is 0 Å². The molecule has 0 aliphatic carbocycles. The van der Waals surface area contributed by atoms with Crippen LogP contribution in [0.1, 0.15) is 12.0 Å². The molecule has 3 N–H and O–H groups in total. The minimum Gasteiger partial charge on any atom is -0.396 e. The topological polar surface area (TPSA) is 72.8 Å². The third kappa shape index (κ3) is 5.88. The van der Waals surface area contributed by atoms with E-state index in [1.54, 1.807) is 17.0 Å². The molecule has 0 unspecified atom stereocenters. The molecule has 0 saturated carbocycles. The van der Waals surface area contributed by atoms with Crippen LogP contribution in [0.5, 0.6) is 0 Å². The normalized spacial score (nSPS) is 10.8. The lowest BCUT2D eigenvalue weighted by Crippen LogP contribution is -2.36. The summed E-state index contributed by atoms with van der Waals surface area (Å²) in [5, 5.41) is 21.2. The number of benzene rings is 1. The molecule has 0 atom stereocenters. The number of aryl methyl sites for hydroxylation is 1. The number of anilines is 1. The number of nitrogens with one attached hydrogen (secondary N) is 1. The Balaban J connectivity index is 2.58. The molecule has 0 spiro atoms. The maximum atomic E-state index is 12.0. The van der Waals surface area contributed by atoms with Crippen LogP contribution in [0.2, 0.25) is 5.02 Å². The Labute approximate surface area is 124 Å². The van der Waals surface area contributed by atoms with Gasteiger partial charge < -0.3 is 15.5 Å². The van der Waals surface area contributed by atoms with Crippen LogP contribution >= 0.6 is 11.6 Å². The summed E-state index contributed by atoms with van der Waals surface area (Å²) < 4.78 is 0. The van der Waals surface area contributed by atoms with Crippen molar-refractivity contribution in [3.8, 4) is 0 Å². The molecule has 0 aliphatic heterocycles. The van der Waals surface area contributed by atoms with Gasteiger partial charge in [-0.15, -0.1) is 0 Å². The van der Waals surface area contributed by atoms with Gasteiger partial charge in [0.15, 0.2) is 0 Å². The number of aliphatic hydroxyl groups excluding tert-OH is 2. The van der Waals surface area contributed by atoms with Crippen molar-refractivity contribution in [1.82, 2.24) is 4.90 Å². The number of aliphatic hydroxyl groups is 2. The minimum absolute atomic E-state index is 0.0189. The van der Waals surface area contributed by atoms with Gasteiger partial charge in [-0.25, -0.2) is 0 Å². The molecule has 1 amide bonds. The SMILES string of the molecule is Cc1ccc(Cl)cc1NC(=O)CN(CCO)CCCO. The smallest absolute Gasteiger partial charge is 0.238 e. The molecule has 5 nitrogen and oxygen atoms in total. The van der Waals surface area contributed by atoms with Crippen LogP contribution in [0.25, 0.3) is 0 Å². The predicted molar refractivity (Wildman–Crippen MR) is 80.0 cm³/mol. The van der Waals surface area contributed by atoms with Crippen LogP contribution in [-0.2, 0) is 4.79 Å².